The van der Waals surface area contributed by atoms with Gasteiger partial charge in [-0.2, -0.15) is 0 Å². The molecule has 0 aromatic rings. The maximum Gasteiger partial charge on any atom is -0.00112 e. The summed E-state index contributed by atoms with van der Waals surface area (Å²) in [4.78, 5) is 0. The first kappa shape index (κ1) is 5.69. The number of rotatable bonds is 1. The van der Waals surface area contributed by atoms with E-state index in [-0.39, 0.29) is 0 Å². The van der Waals surface area contributed by atoms with Crippen molar-refractivity contribution in [2.24, 2.45) is 23.0 Å². The Balaban J connectivity index is 2.07. The van der Waals surface area contributed by atoms with Crippen molar-refractivity contribution in [3.05, 3.63) is 0 Å². The zero-order valence-corrected chi connectivity index (χ0v) is 5.85. The maximum atomic E-state index is 5.63. The van der Waals surface area contributed by atoms with Gasteiger partial charge in [0.2, 0.25) is 0 Å². The zero-order chi connectivity index (χ0) is 6.48. The molecule has 1 heterocycles. The predicted octanol–water partition coefficient (Wildman–Crippen LogP) is -0.199. The molecule has 9 heavy (non-hydrogen) atoms. The summed E-state index contributed by atoms with van der Waals surface area (Å²) in [6.07, 6.45) is 0. The van der Waals surface area contributed by atoms with E-state index >= 15 is 0 Å². The Morgan fingerprint density at radius 1 is 1.56 bits per heavy atom. The fourth-order valence-electron chi connectivity index (χ4n) is 2.21. The van der Waals surface area contributed by atoms with Gasteiger partial charge >= 0.3 is 0 Å². The SMILES string of the molecule is CC1(CN)C2CNCC21. The normalized spacial score (nSPS) is 55.3. The summed E-state index contributed by atoms with van der Waals surface area (Å²) in [5.41, 5.74) is 6.15. The Morgan fingerprint density at radius 3 is 2.44 bits per heavy atom. The van der Waals surface area contributed by atoms with Crippen LogP contribution >= 0.6 is 0 Å². The summed E-state index contributed by atoms with van der Waals surface area (Å²) in [5.74, 6) is 1.81. The number of piperidine rings is 1. The highest BCUT2D eigenvalue weighted by molar-refractivity contribution is 5.13. The Hall–Kier alpha value is -0.0800. The molecule has 1 aliphatic carbocycles. The molecule has 3 N–H and O–H groups in total. The number of hydrogen-bond acceptors (Lipinski definition) is 2. The smallest absolute Gasteiger partial charge is 0.00112 e. The van der Waals surface area contributed by atoms with E-state index in [9.17, 15) is 0 Å². The second-order valence-corrected chi connectivity index (χ2v) is 3.58. The minimum Gasteiger partial charge on any atom is -0.330 e. The van der Waals surface area contributed by atoms with Crippen molar-refractivity contribution < 1.29 is 0 Å². The van der Waals surface area contributed by atoms with Gasteiger partial charge in [0.1, 0.15) is 0 Å². The van der Waals surface area contributed by atoms with Crippen LogP contribution < -0.4 is 11.1 Å². The molecule has 2 atom stereocenters. The third-order valence-corrected chi connectivity index (χ3v) is 3.24. The molecular formula is C7H14N2. The third kappa shape index (κ3) is 0.528. The van der Waals surface area contributed by atoms with Gasteiger partial charge in [-0.3, -0.25) is 0 Å². The van der Waals surface area contributed by atoms with E-state index in [1.54, 1.807) is 0 Å². The van der Waals surface area contributed by atoms with Crippen molar-refractivity contribution in [1.82, 2.24) is 5.32 Å². The molecule has 0 radical (unpaired) electrons. The molecule has 2 aliphatic rings. The van der Waals surface area contributed by atoms with Crippen molar-refractivity contribution in [2.75, 3.05) is 19.6 Å². The molecule has 2 fully saturated rings. The quantitative estimate of drug-likeness (QED) is 0.510. The third-order valence-electron chi connectivity index (χ3n) is 3.24. The van der Waals surface area contributed by atoms with E-state index in [0.29, 0.717) is 5.41 Å². The predicted molar refractivity (Wildman–Crippen MR) is 37.0 cm³/mol. The van der Waals surface area contributed by atoms with Crippen LogP contribution in [0.25, 0.3) is 0 Å². The molecular weight excluding hydrogens is 112 g/mol. The standard InChI is InChI=1S/C7H14N2/c1-7(4-8)5-2-9-3-6(5)7/h5-6,9H,2-4,8H2,1H3. The molecule has 1 saturated heterocycles. The highest BCUT2D eigenvalue weighted by Gasteiger charge is 2.61. The lowest BCUT2D eigenvalue weighted by molar-refractivity contribution is 0.442. The van der Waals surface area contributed by atoms with E-state index in [4.69, 9.17) is 5.73 Å². The van der Waals surface area contributed by atoms with Crippen LogP contribution in [0, 0.1) is 17.3 Å². The summed E-state index contributed by atoms with van der Waals surface area (Å²) >= 11 is 0. The monoisotopic (exact) mass is 126 g/mol. The van der Waals surface area contributed by atoms with E-state index in [1.165, 1.54) is 13.1 Å². The molecule has 52 valence electrons. The van der Waals surface area contributed by atoms with Crippen molar-refractivity contribution >= 4 is 0 Å². The first-order chi connectivity index (χ1) is 4.29. The topological polar surface area (TPSA) is 38.0 Å². The number of nitrogens with one attached hydrogen (secondary N) is 1. The molecule has 2 rings (SSSR count). The van der Waals surface area contributed by atoms with Gasteiger partial charge in [-0.05, 0) is 36.9 Å². The van der Waals surface area contributed by atoms with Gasteiger partial charge in [-0.25, -0.2) is 0 Å². The fourth-order valence-corrected chi connectivity index (χ4v) is 2.21. The van der Waals surface area contributed by atoms with E-state index in [0.717, 1.165) is 18.4 Å². The lowest BCUT2D eigenvalue weighted by atomic mass is 10.0. The number of hydrogen-bond donors (Lipinski definition) is 2. The van der Waals surface area contributed by atoms with Crippen LogP contribution in [0.1, 0.15) is 6.92 Å². The minimum atomic E-state index is 0.519. The fraction of sp³-hybridized carbons (Fsp3) is 1.00. The Kier molecular flexibility index (Phi) is 0.945. The molecule has 0 aromatic heterocycles. The summed E-state index contributed by atoms with van der Waals surface area (Å²) in [5, 5.41) is 3.36. The Labute approximate surface area is 55.8 Å². The first-order valence-electron chi connectivity index (χ1n) is 3.70. The van der Waals surface area contributed by atoms with E-state index in [1.807, 2.05) is 0 Å². The number of nitrogens with two attached hydrogens (primary N) is 1. The molecule has 0 amide bonds. The highest BCUT2D eigenvalue weighted by Crippen LogP contribution is 2.59. The van der Waals surface area contributed by atoms with Crippen molar-refractivity contribution in [3.8, 4) is 0 Å². The summed E-state index contributed by atoms with van der Waals surface area (Å²) in [6.45, 7) is 5.60. The van der Waals surface area contributed by atoms with Crippen molar-refractivity contribution in [1.29, 1.82) is 0 Å². The molecule has 1 aliphatic heterocycles. The molecule has 0 spiro atoms. The van der Waals surface area contributed by atoms with Gasteiger partial charge in [0.15, 0.2) is 0 Å². The lowest BCUT2D eigenvalue weighted by Crippen LogP contribution is -2.25. The second-order valence-electron chi connectivity index (χ2n) is 3.58. The average molecular weight is 126 g/mol. The van der Waals surface area contributed by atoms with Crippen LogP contribution in [-0.4, -0.2) is 19.6 Å². The summed E-state index contributed by atoms with van der Waals surface area (Å²) in [6, 6.07) is 0. The van der Waals surface area contributed by atoms with Crippen LogP contribution in [0.3, 0.4) is 0 Å². The lowest BCUT2D eigenvalue weighted by Gasteiger charge is -2.11. The summed E-state index contributed by atoms with van der Waals surface area (Å²) in [7, 11) is 0. The van der Waals surface area contributed by atoms with Gasteiger partial charge in [-0.1, -0.05) is 6.92 Å². The van der Waals surface area contributed by atoms with Crippen LogP contribution in [0.15, 0.2) is 0 Å². The number of fused-ring (bicyclic) bond motifs is 1. The van der Waals surface area contributed by atoms with Crippen molar-refractivity contribution in [2.45, 2.75) is 6.92 Å². The van der Waals surface area contributed by atoms with Crippen LogP contribution in [0.2, 0.25) is 0 Å². The van der Waals surface area contributed by atoms with Gasteiger partial charge < -0.3 is 11.1 Å². The van der Waals surface area contributed by atoms with Crippen LogP contribution in [-0.2, 0) is 0 Å². The second kappa shape index (κ2) is 1.50. The molecule has 0 aromatic carbocycles. The molecule has 2 nitrogen and oxygen atoms in total. The van der Waals surface area contributed by atoms with Crippen LogP contribution in [0.4, 0.5) is 0 Å². The van der Waals surface area contributed by atoms with Gasteiger partial charge in [0.05, 0.1) is 0 Å². The average Bonchev–Trinajstić information content (AvgIpc) is 2.39. The van der Waals surface area contributed by atoms with Gasteiger partial charge in [0.25, 0.3) is 0 Å². The maximum absolute atomic E-state index is 5.63. The molecule has 2 unspecified atom stereocenters. The highest BCUT2D eigenvalue weighted by atomic mass is 15.0. The Morgan fingerprint density at radius 2 is 2.11 bits per heavy atom. The zero-order valence-electron chi connectivity index (χ0n) is 5.85. The molecule has 2 heteroatoms. The first-order valence-corrected chi connectivity index (χ1v) is 3.70. The van der Waals surface area contributed by atoms with Crippen molar-refractivity contribution in [3.63, 3.8) is 0 Å². The van der Waals surface area contributed by atoms with Gasteiger partial charge in [-0.15, -0.1) is 0 Å². The van der Waals surface area contributed by atoms with Crippen LogP contribution in [0.5, 0.6) is 0 Å². The molecule has 0 bridgehead atoms. The molecule has 1 saturated carbocycles. The van der Waals surface area contributed by atoms with E-state index < -0.39 is 0 Å². The minimum absolute atomic E-state index is 0.519. The van der Waals surface area contributed by atoms with E-state index in [2.05, 4.69) is 12.2 Å². The van der Waals surface area contributed by atoms with Gasteiger partial charge in [0, 0.05) is 0 Å². The Bertz CT molecular complexity index is 123. The summed E-state index contributed by atoms with van der Waals surface area (Å²) < 4.78 is 0. The largest absolute Gasteiger partial charge is 0.330 e.